The van der Waals surface area contributed by atoms with Gasteiger partial charge in [0.1, 0.15) is 5.82 Å². The van der Waals surface area contributed by atoms with Crippen molar-refractivity contribution in [3.63, 3.8) is 0 Å². The Morgan fingerprint density at radius 3 is 2.73 bits per heavy atom. The Bertz CT molecular complexity index is 943. The van der Waals surface area contributed by atoms with Gasteiger partial charge in [-0.2, -0.15) is 0 Å². The van der Waals surface area contributed by atoms with Gasteiger partial charge in [0.05, 0.1) is 11.1 Å². The highest BCUT2D eigenvalue weighted by Crippen LogP contribution is 2.34. The second-order valence-corrected chi connectivity index (χ2v) is 5.79. The first-order valence-electron chi connectivity index (χ1n) is 7.89. The zero-order valence-corrected chi connectivity index (χ0v) is 13.5. The number of anilines is 1. The molecule has 0 bridgehead atoms. The lowest BCUT2D eigenvalue weighted by Crippen LogP contribution is -2.33. The number of nitrogens with zero attached hydrogens (tertiary/aromatic N) is 1. The third-order valence-electron chi connectivity index (χ3n) is 4.17. The van der Waals surface area contributed by atoms with Gasteiger partial charge in [-0.05, 0) is 24.3 Å². The SMILES string of the molecule is O=C(CCN1C(=O)c2cccc(F)c2C1=O)Nc1ccc2c(c1)OCO2. The van der Waals surface area contributed by atoms with Crippen molar-refractivity contribution in [3.8, 4) is 11.5 Å². The van der Waals surface area contributed by atoms with Gasteiger partial charge >= 0.3 is 0 Å². The van der Waals surface area contributed by atoms with Crippen LogP contribution in [0.3, 0.4) is 0 Å². The third kappa shape index (κ3) is 2.65. The fourth-order valence-electron chi connectivity index (χ4n) is 2.91. The van der Waals surface area contributed by atoms with E-state index in [2.05, 4.69) is 5.32 Å². The fourth-order valence-corrected chi connectivity index (χ4v) is 2.91. The number of rotatable bonds is 4. The van der Waals surface area contributed by atoms with Gasteiger partial charge in [0, 0.05) is 24.7 Å². The number of carbonyl (C=O) groups excluding carboxylic acids is 3. The van der Waals surface area contributed by atoms with E-state index in [0.29, 0.717) is 17.2 Å². The Balaban J connectivity index is 1.40. The van der Waals surface area contributed by atoms with Gasteiger partial charge in [0.25, 0.3) is 11.8 Å². The van der Waals surface area contributed by atoms with Crippen molar-refractivity contribution < 1.29 is 28.2 Å². The predicted octanol–water partition coefficient (Wildman–Crippen LogP) is 2.18. The van der Waals surface area contributed by atoms with Crippen LogP contribution < -0.4 is 14.8 Å². The van der Waals surface area contributed by atoms with Gasteiger partial charge in [-0.15, -0.1) is 0 Å². The van der Waals surface area contributed by atoms with Crippen LogP contribution in [0.4, 0.5) is 10.1 Å². The number of hydrogen-bond acceptors (Lipinski definition) is 5. The largest absolute Gasteiger partial charge is 0.454 e. The quantitative estimate of drug-likeness (QED) is 0.849. The molecule has 0 saturated carbocycles. The van der Waals surface area contributed by atoms with Gasteiger partial charge in [-0.3, -0.25) is 19.3 Å². The van der Waals surface area contributed by atoms with Gasteiger partial charge in [0.2, 0.25) is 12.7 Å². The summed E-state index contributed by atoms with van der Waals surface area (Å²) in [6.45, 7) is -0.00872. The highest BCUT2D eigenvalue weighted by atomic mass is 19.1. The highest BCUT2D eigenvalue weighted by Gasteiger charge is 2.37. The Kier molecular flexibility index (Phi) is 3.80. The molecule has 7 nitrogen and oxygen atoms in total. The first kappa shape index (κ1) is 16.1. The Morgan fingerprint density at radius 1 is 1.12 bits per heavy atom. The molecule has 0 atom stereocenters. The van der Waals surface area contributed by atoms with Crippen LogP contribution in [0.2, 0.25) is 0 Å². The van der Waals surface area contributed by atoms with Gasteiger partial charge in [-0.25, -0.2) is 4.39 Å². The minimum Gasteiger partial charge on any atom is -0.454 e. The van der Waals surface area contributed by atoms with Crippen molar-refractivity contribution in [2.45, 2.75) is 6.42 Å². The standard InChI is InChI=1S/C18H13FN2O5/c19-12-3-1-2-11-16(12)18(24)21(17(11)23)7-6-15(22)20-10-4-5-13-14(8-10)26-9-25-13/h1-5,8H,6-7,9H2,(H,20,22). The molecule has 2 aromatic rings. The van der Waals surface area contributed by atoms with Crippen molar-refractivity contribution in [1.82, 2.24) is 4.90 Å². The molecule has 0 radical (unpaired) electrons. The molecule has 0 aliphatic carbocycles. The Morgan fingerprint density at radius 2 is 1.92 bits per heavy atom. The Labute approximate surface area is 147 Å². The van der Waals surface area contributed by atoms with Gasteiger partial charge < -0.3 is 14.8 Å². The van der Waals surface area contributed by atoms with E-state index in [-0.39, 0.29) is 36.8 Å². The molecule has 4 rings (SSSR count). The lowest BCUT2D eigenvalue weighted by Gasteiger charge is -2.13. The molecular formula is C18H13FN2O5. The summed E-state index contributed by atoms with van der Waals surface area (Å²) in [5.41, 5.74) is 0.285. The van der Waals surface area contributed by atoms with Crippen molar-refractivity contribution in [2.24, 2.45) is 0 Å². The second-order valence-electron chi connectivity index (χ2n) is 5.79. The summed E-state index contributed by atoms with van der Waals surface area (Å²) < 4.78 is 24.2. The number of amides is 3. The van der Waals surface area contributed by atoms with E-state index in [1.807, 2.05) is 0 Å². The summed E-state index contributed by atoms with van der Waals surface area (Å²) >= 11 is 0. The van der Waals surface area contributed by atoms with E-state index < -0.39 is 17.6 Å². The van der Waals surface area contributed by atoms with E-state index in [4.69, 9.17) is 9.47 Å². The monoisotopic (exact) mass is 356 g/mol. The maximum Gasteiger partial charge on any atom is 0.264 e. The molecule has 2 aliphatic rings. The van der Waals surface area contributed by atoms with Crippen LogP contribution in [0.1, 0.15) is 27.1 Å². The number of halogens is 1. The maximum atomic E-state index is 13.8. The predicted molar refractivity (Wildman–Crippen MR) is 87.6 cm³/mol. The lowest BCUT2D eigenvalue weighted by molar-refractivity contribution is -0.116. The number of fused-ring (bicyclic) bond motifs is 2. The molecule has 1 N–H and O–H groups in total. The van der Waals surface area contributed by atoms with Gasteiger partial charge in [0.15, 0.2) is 11.5 Å². The zero-order chi connectivity index (χ0) is 18.3. The van der Waals surface area contributed by atoms with E-state index in [0.717, 1.165) is 11.0 Å². The summed E-state index contributed by atoms with van der Waals surface area (Å²) in [6, 6.07) is 8.84. The summed E-state index contributed by atoms with van der Waals surface area (Å²) in [7, 11) is 0. The number of imide groups is 1. The minimum absolute atomic E-state index is 0.0196. The average Bonchev–Trinajstić information content (AvgIpc) is 3.17. The molecule has 26 heavy (non-hydrogen) atoms. The number of ether oxygens (including phenoxy) is 2. The minimum atomic E-state index is -0.742. The van der Waals surface area contributed by atoms with Crippen LogP contribution in [0.5, 0.6) is 11.5 Å². The molecule has 2 heterocycles. The molecule has 8 heteroatoms. The molecule has 2 aromatic carbocycles. The van der Waals surface area contributed by atoms with Crippen LogP contribution in [0.25, 0.3) is 0 Å². The number of carbonyl (C=O) groups is 3. The molecule has 3 amide bonds. The molecule has 132 valence electrons. The van der Waals surface area contributed by atoms with Gasteiger partial charge in [-0.1, -0.05) is 6.07 Å². The van der Waals surface area contributed by atoms with E-state index in [9.17, 15) is 18.8 Å². The summed E-state index contributed by atoms with van der Waals surface area (Å²) in [4.78, 5) is 37.5. The first-order chi connectivity index (χ1) is 12.5. The average molecular weight is 356 g/mol. The number of hydrogen-bond donors (Lipinski definition) is 1. The topological polar surface area (TPSA) is 84.9 Å². The molecular weight excluding hydrogens is 343 g/mol. The normalized spacial score (nSPS) is 14.6. The van der Waals surface area contributed by atoms with E-state index in [1.54, 1.807) is 18.2 Å². The molecule has 0 aromatic heterocycles. The maximum absolute atomic E-state index is 13.8. The molecule has 0 saturated heterocycles. The third-order valence-corrected chi connectivity index (χ3v) is 4.17. The van der Waals surface area contributed by atoms with Crippen molar-refractivity contribution in [1.29, 1.82) is 0 Å². The molecule has 2 aliphatic heterocycles. The lowest BCUT2D eigenvalue weighted by atomic mass is 10.1. The number of benzene rings is 2. The first-order valence-corrected chi connectivity index (χ1v) is 7.89. The highest BCUT2D eigenvalue weighted by molar-refractivity contribution is 6.21. The summed E-state index contributed by atoms with van der Waals surface area (Å²) in [5, 5.41) is 2.66. The summed E-state index contributed by atoms with van der Waals surface area (Å²) in [6.07, 6.45) is -0.110. The Hall–Kier alpha value is -3.42. The zero-order valence-electron chi connectivity index (χ0n) is 13.5. The molecule has 0 fully saturated rings. The van der Waals surface area contributed by atoms with E-state index in [1.165, 1.54) is 12.1 Å². The van der Waals surface area contributed by atoms with Crippen molar-refractivity contribution >= 4 is 23.4 Å². The van der Waals surface area contributed by atoms with Crippen LogP contribution in [0.15, 0.2) is 36.4 Å². The van der Waals surface area contributed by atoms with E-state index >= 15 is 0 Å². The smallest absolute Gasteiger partial charge is 0.264 e. The van der Waals surface area contributed by atoms with Crippen LogP contribution in [-0.4, -0.2) is 36.0 Å². The van der Waals surface area contributed by atoms with Crippen molar-refractivity contribution in [3.05, 3.63) is 53.3 Å². The fraction of sp³-hybridized carbons (Fsp3) is 0.167. The van der Waals surface area contributed by atoms with Crippen LogP contribution in [0, 0.1) is 5.82 Å². The second kappa shape index (κ2) is 6.14. The number of nitrogens with one attached hydrogen (secondary N) is 1. The molecule has 0 spiro atoms. The van der Waals surface area contributed by atoms with Crippen LogP contribution >= 0.6 is 0 Å². The molecule has 0 unspecified atom stereocenters. The summed E-state index contributed by atoms with van der Waals surface area (Å²) in [5.74, 6) is -1.33. The van der Waals surface area contributed by atoms with Crippen molar-refractivity contribution in [2.75, 3.05) is 18.7 Å². The van der Waals surface area contributed by atoms with Crippen LogP contribution in [-0.2, 0) is 4.79 Å².